The monoisotopic (exact) mass is 391 g/mol. The molecule has 0 bridgehead atoms. The minimum absolute atomic E-state index is 0.248. The van der Waals surface area contributed by atoms with Gasteiger partial charge in [-0.2, -0.15) is 0 Å². The lowest BCUT2D eigenvalue weighted by Gasteiger charge is -2.37. The molecule has 0 atom stereocenters. The number of morpholine rings is 1. The van der Waals surface area contributed by atoms with Gasteiger partial charge in [0.2, 0.25) is 5.91 Å². The van der Waals surface area contributed by atoms with Crippen LogP contribution in [-0.2, 0) is 16.1 Å². The van der Waals surface area contributed by atoms with Crippen molar-refractivity contribution in [3.05, 3.63) is 11.1 Å². The first-order valence-electron chi connectivity index (χ1n) is 10.9. The molecule has 6 heteroatoms. The standard InChI is InChI=1S/C21H33N3O2S/c25-20(17-7-3-1-4-8-17)24(19-9-5-2-6-10-19)15-18-16-27-21(22-18)23-11-13-26-14-12-23/h16-17,19H,1-15H2. The Morgan fingerprint density at radius 1 is 1.07 bits per heavy atom. The van der Waals surface area contributed by atoms with Crippen LogP contribution in [-0.4, -0.2) is 48.1 Å². The number of nitrogens with zero attached hydrogens (tertiary/aromatic N) is 3. The third-order valence-corrected chi connectivity index (χ3v) is 7.36. The van der Waals surface area contributed by atoms with Crippen LogP contribution in [0.4, 0.5) is 5.13 Å². The van der Waals surface area contributed by atoms with Gasteiger partial charge in [0.15, 0.2) is 5.13 Å². The fourth-order valence-electron chi connectivity index (χ4n) is 4.81. The van der Waals surface area contributed by atoms with Gasteiger partial charge in [0.1, 0.15) is 0 Å². The van der Waals surface area contributed by atoms with Crippen molar-refractivity contribution in [3.63, 3.8) is 0 Å². The first-order valence-corrected chi connectivity index (χ1v) is 11.8. The number of anilines is 1. The molecule has 1 saturated heterocycles. The van der Waals surface area contributed by atoms with Gasteiger partial charge in [-0.25, -0.2) is 4.98 Å². The van der Waals surface area contributed by atoms with E-state index in [2.05, 4.69) is 15.2 Å². The number of rotatable bonds is 5. The van der Waals surface area contributed by atoms with Crippen molar-refractivity contribution in [1.29, 1.82) is 0 Å². The van der Waals surface area contributed by atoms with Gasteiger partial charge in [-0.1, -0.05) is 38.5 Å². The Morgan fingerprint density at radius 2 is 1.74 bits per heavy atom. The first kappa shape index (κ1) is 19.2. The van der Waals surface area contributed by atoms with Crippen molar-refractivity contribution in [2.75, 3.05) is 31.2 Å². The highest BCUT2D eigenvalue weighted by molar-refractivity contribution is 7.13. The highest BCUT2D eigenvalue weighted by atomic mass is 32.1. The molecule has 0 unspecified atom stereocenters. The number of carbonyl (C=O) groups is 1. The number of carbonyl (C=O) groups excluding carboxylic acids is 1. The molecule has 5 nitrogen and oxygen atoms in total. The molecule has 3 aliphatic rings. The lowest BCUT2D eigenvalue weighted by Crippen LogP contribution is -2.44. The molecule has 0 N–H and O–H groups in total. The van der Waals surface area contributed by atoms with E-state index in [0.717, 1.165) is 50.0 Å². The maximum Gasteiger partial charge on any atom is 0.226 e. The average Bonchev–Trinajstić information content (AvgIpc) is 3.22. The van der Waals surface area contributed by atoms with E-state index in [1.54, 1.807) is 11.3 Å². The summed E-state index contributed by atoms with van der Waals surface area (Å²) in [4.78, 5) is 22.8. The van der Waals surface area contributed by atoms with Gasteiger partial charge in [0, 0.05) is 30.4 Å². The van der Waals surface area contributed by atoms with Gasteiger partial charge in [-0.3, -0.25) is 4.79 Å². The van der Waals surface area contributed by atoms with E-state index in [9.17, 15) is 4.79 Å². The summed E-state index contributed by atoms with van der Waals surface area (Å²) >= 11 is 1.71. The van der Waals surface area contributed by atoms with Crippen molar-refractivity contribution < 1.29 is 9.53 Å². The zero-order valence-electron chi connectivity index (χ0n) is 16.4. The molecule has 0 aromatic carbocycles. The lowest BCUT2D eigenvalue weighted by molar-refractivity contribution is -0.140. The van der Waals surface area contributed by atoms with Crippen molar-refractivity contribution in [2.45, 2.75) is 76.8 Å². The van der Waals surface area contributed by atoms with Gasteiger partial charge in [-0.05, 0) is 25.7 Å². The molecule has 0 spiro atoms. The largest absolute Gasteiger partial charge is 0.378 e. The number of hydrogen-bond donors (Lipinski definition) is 0. The second-order valence-electron chi connectivity index (χ2n) is 8.31. The van der Waals surface area contributed by atoms with E-state index in [0.29, 0.717) is 18.5 Å². The topological polar surface area (TPSA) is 45.7 Å². The van der Waals surface area contributed by atoms with E-state index in [1.165, 1.54) is 51.4 Å². The Bertz CT molecular complexity index is 602. The minimum atomic E-state index is 0.248. The summed E-state index contributed by atoms with van der Waals surface area (Å²) in [6, 6.07) is 0.418. The van der Waals surface area contributed by atoms with Crippen molar-refractivity contribution >= 4 is 22.4 Å². The molecule has 1 aliphatic heterocycles. The van der Waals surface area contributed by atoms with Crippen molar-refractivity contribution in [2.24, 2.45) is 5.92 Å². The van der Waals surface area contributed by atoms with Gasteiger partial charge < -0.3 is 14.5 Å². The predicted molar refractivity (Wildman–Crippen MR) is 109 cm³/mol. The van der Waals surface area contributed by atoms with Gasteiger partial charge in [0.05, 0.1) is 25.5 Å². The third kappa shape index (κ3) is 4.83. The number of amides is 1. The average molecular weight is 392 g/mol. The zero-order chi connectivity index (χ0) is 18.5. The summed E-state index contributed by atoms with van der Waals surface area (Å²) in [7, 11) is 0. The maximum atomic E-state index is 13.4. The Labute approximate surface area is 167 Å². The molecule has 1 aromatic rings. The predicted octanol–water partition coefficient (Wildman–Crippen LogP) is 4.22. The van der Waals surface area contributed by atoms with Gasteiger partial charge >= 0.3 is 0 Å². The smallest absolute Gasteiger partial charge is 0.226 e. The van der Waals surface area contributed by atoms with Crippen molar-refractivity contribution in [3.8, 4) is 0 Å². The summed E-state index contributed by atoms with van der Waals surface area (Å²) in [5.41, 5.74) is 1.07. The molecule has 4 rings (SSSR count). The Hall–Kier alpha value is -1.14. The Kier molecular flexibility index (Phi) is 6.66. The van der Waals surface area contributed by atoms with Crippen LogP contribution in [0.25, 0.3) is 0 Å². The molecule has 1 aromatic heterocycles. The highest BCUT2D eigenvalue weighted by Gasteiger charge is 2.32. The molecular formula is C21H33N3O2S. The van der Waals surface area contributed by atoms with Crippen LogP contribution in [0, 0.1) is 5.92 Å². The van der Waals surface area contributed by atoms with E-state index in [1.807, 2.05) is 0 Å². The van der Waals surface area contributed by atoms with Crippen LogP contribution in [0.5, 0.6) is 0 Å². The Balaban J connectivity index is 1.46. The number of thiazole rings is 1. The molecule has 2 aliphatic carbocycles. The summed E-state index contributed by atoms with van der Waals surface area (Å²) in [5.74, 6) is 0.653. The lowest BCUT2D eigenvalue weighted by atomic mass is 9.86. The summed E-state index contributed by atoms with van der Waals surface area (Å²) in [6.45, 7) is 4.09. The van der Waals surface area contributed by atoms with Crippen LogP contribution >= 0.6 is 11.3 Å². The second kappa shape index (κ2) is 9.37. The third-order valence-electron chi connectivity index (χ3n) is 6.41. The SMILES string of the molecule is O=C(C1CCCCC1)N(Cc1csc(N2CCOCC2)n1)C1CCCCC1. The number of ether oxygens (including phenoxy) is 1. The molecule has 3 fully saturated rings. The summed E-state index contributed by atoms with van der Waals surface area (Å²) < 4.78 is 5.45. The van der Waals surface area contributed by atoms with Crippen LogP contribution in [0.2, 0.25) is 0 Å². The van der Waals surface area contributed by atoms with E-state index < -0.39 is 0 Å². The Morgan fingerprint density at radius 3 is 2.44 bits per heavy atom. The summed E-state index contributed by atoms with van der Waals surface area (Å²) in [6.07, 6.45) is 12.1. The van der Waals surface area contributed by atoms with E-state index in [-0.39, 0.29) is 5.92 Å². The first-order chi connectivity index (χ1) is 13.3. The van der Waals surface area contributed by atoms with E-state index >= 15 is 0 Å². The molecular weight excluding hydrogens is 358 g/mol. The maximum absolute atomic E-state index is 13.4. The zero-order valence-corrected chi connectivity index (χ0v) is 17.2. The van der Waals surface area contributed by atoms with Crippen molar-refractivity contribution in [1.82, 2.24) is 9.88 Å². The van der Waals surface area contributed by atoms with Gasteiger partial charge in [0.25, 0.3) is 0 Å². The second-order valence-corrected chi connectivity index (χ2v) is 9.15. The molecule has 2 heterocycles. The molecule has 1 amide bonds. The highest BCUT2D eigenvalue weighted by Crippen LogP contribution is 2.31. The van der Waals surface area contributed by atoms with Crippen LogP contribution in [0.1, 0.15) is 69.9 Å². The van der Waals surface area contributed by atoms with Crippen LogP contribution in [0.15, 0.2) is 5.38 Å². The molecule has 27 heavy (non-hydrogen) atoms. The fraction of sp³-hybridized carbons (Fsp3) is 0.810. The van der Waals surface area contributed by atoms with E-state index in [4.69, 9.17) is 9.72 Å². The molecule has 2 saturated carbocycles. The summed E-state index contributed by atoms with van der Waals surface area (Å²) in [5, 5.41) is 3.25. The van der Waals surface area contributed by atoms with Gasteiger partial charge in [-0.15, -0.1) is 11.3 Å². The normalized spacial score (nSPS) is 22.7. The molecule has 150 valence electrons. The van der Waals surface area contributed by atoms with Crippen LogP contribution < -0.4 is 4.90 Å². The fourth-order valence-corrected chi connectivity index (χ4v) is 5.68. The number of aromatic nitrogens is 1. The number of hydrogen-bond acceptors (Lipinski definition) is 5. The van der Waals surface area contributed by atoms with Crippen LogP contribution in [0.3, 0.4) is 0 Å². The quantitative estimate of drug-likeness (QED) is 0.754. The minimum Gasteiger partial charge on any atom is -0.378 e. The molecule has 0 radical (unpaired) electrons.